The van der Waals surface area contributed by atoms with Crippen LogP contribution in [0, 0.1) is 25.2 Å². The number of benzene rings is 1. The predicted molar refractivity (Wildman–Crippen MR) is 71.2 cm³/mol. The Labute approximate surface area is 106 Å². The highest BCUT2D eigenvalue weighted by Gasteiger charge is 2.09. The number of hydrogen-bond donors (Lipinski definition) is 1. The summed E-state index contributed by atoms with van der Waals surface area (Å²) in [4.78, 5) is 8.65. The lowest BCUT2D eigenvalue weighted by atomic mass is 10.1. The summed E-state index contributed by atoms with van der Waals surface area (Å²) in [5.41, 5.74) is 3.73. The summed E-state index contributed by atoms with van der Waals surface area (Å²) in [6.45, 7) is 4.06. The third-order valence-corrected chi connectivity index (χ3v) is 2.78. The van der Waals surface area contributed by atoms with Crippen molar-refractivity contribution in [2.24, 2.45) is 0 Å². The molecule has 0 fully saturated rings. The van der Waals surface area contributed by atoms with Crippen LogP contribution in [0.2, 0.25) is 0 Å². The van der Waals surface area contributed by atoms with Crippen molar-refractivity contribution in [3.8, 4) is 17.5 Å². The Morgan fingerprint density at radius 2 is 2.06 bits per heavy atom. The minimum atomic E-state index is 0.451. The Morgan fingerprint density at radius 3 is 2.72 bits per heavy atom. The van der Waals surface area contributed by atoms with Gasteiger partial charge in [0.2, 0.25) is 0 Å². The Balaban J connectivity index is 2.58. The van der Waals surface area contributed by atoms with Gasteiger partial charge in [0.05, 0.1) is 6.20 Å². The zero-order valence-electron chi connectivity index (χ0n) is 10.7. The molecule has 0 saturated carbocycles. The summed E-state index contributed by atoms with van der Waals surface area (Å²) in [6.07, 6.45) is 1.55. The van der Waals surface area contributed by atoms with E-state index >= 15 is 0 Å². The smallest absolute Gasteiger partial charge is 0.161 e. The molecule has 0 aliphatic heterocycles. The van der Waals surface area contributed by atoms with Crippen molar-refractivity contribution in [1.29, 1.82) is 5.26 Å². The number of aromatic nitrogens is 2. The summed E-state index contributed by atoms with van der Waals surface area (Å²) in [6, 6.07) is 8.22. The minimum absolute atomic E-state index is 0.451. The van der Waals surface area contributed by atoms with Crippen LogP contribution in [0.25, 0.3) is 11.4 Å². The van der Waals surface area contributed by atoms with Gasteiger partial charge in [-0.2, -0.15) is 5.26 Å². The molecule has 0 saturated heterocycles. The number of hydrogen-bond acceptors (Lipinski definition) is 4. The van der Waals surface area contributed by atoms with Gasteiger partial charge >= 0.3 is 0 Å². The summed E-state index contributed by atoms with van der Waals surface area (Å²) in [5, 5.41) is 11.9. The van der Waals surface area contributed by atoms with Crippen LogP contribution in [0.4, 0.5) is 5.82 Å². The molecule has 0 aliphatic rings. The summed E-state index contributed by atoms with van der Waals surface area (Å²) >= 11 is 0. The van der Waals surface area contributed by atoms with Crippen LogP contribution in [0.3, 0.4) is 0 Å². The first kappa shape index (κ1) is 12.1. The highest BCUT2D eigenvalue weighted by atomic mass is 15.0. The monoisotopic (exact) mass is 238 g/mol. The molecule has 2 rings (SSSR count). The van der Waals surface area contributed by atoms with Crippen LogP contribution < -0.4 is 5.32 Å². The summed E-state index contributed by atoms with van der Waals surface area (Å²) in [7, 11) is 1.75. The molecule has 1 aromatic carbocycles. The fourth-order valence-corrected chi connectivity index (χ4v) is 1.76. The molecule has 0 atom stereocenters. The molecule has 4 nitrogen and oxygen atoms in total. The van der Waals surface area contributed by atoms with Crippen molar-refractivity contribution in [2.75, 3.05) is 12.4 Å². The van der Waals surface area contributed by atoms with E-state index in [-0.39, 0.29) is 0 Å². The van der Waals surface area contributed by atoms with E-state index in [0.717, 1.165) is 16.7 Å². The zero-order valence-corrected chi connectivity index (χ0v) is 10.7. The van der Waals surface area contributed by atoms with E-state index in [1.165, 1.54) is 0 Å². The van der Waals surface area contributed by atoms with Gasteiger partial charge in [0.1, 0.15) is 17.5 Å². The van der Waals surface area contributed by atoms with Crippen molar-refractivity contribution < 1.29 is 0 Å². The van der Waals surface area contributed by atoms with E-state index in [1.54, 1.807) is 13.2 Å². The number of nitriles is 1. The van der Waals surface area contributed by atoms with Gasteiger partial charge in [0.25, 0.3) is 0 Å². The number of nitrogens with zero attached hydrogens (tertiary/aromatic N) is 3. The van der Waals surface area contributed by atoms with Gasteiger partial charge in [-0.15, -0.1) is 0 Å². The van der Waals surface area contributed by atoms with E-state index < -0.39 is 0 Å². The first-order valence-electron chi connectivity index (χ1n) is 5.68. The zero-order chi connectivity index (χ0) is 13.1. The van der Waals surface area contributed by atoms with Crippen LogP contribution in [-0.4, -0.2) is 17.0 Å². The number of anilines is 1. The molecule has 0 unspecified atom stereocenters. The van der Waals surface area contributed by atoms with E-state index in [1.807, 2.05) is 19.9 Å². The maximum absolute atomic E-state index is 8.94. The van der Waals surface area contributed by atoms with Crippen molar-refractivity contribution in [3.05, 3.63) is 41.1 Å². The normalized spacial score (nSPS) is 9.89. The summed E-state index contributed by atoms with van der Waals surface area (Å²) in [5.74, 6) is 1.20. The topological polar surface area (TPSA) is 61.6 Å². The van der Waals surface area contributed by atoms with Gasteiger partial charge in [0, 0.05) is 12.6 Å². The van der Waals surface area contributed by atoms with Crippen LogP contribution in [0.1, 0.15) is 16.7 Å². The van der Waals surface area contributed by atoms with Crippen LogP contribution in [-0.2, 0) is 0 Å². The lowest BCUT2D eigenvalue weighted by molar-refractivity contribution is 1.14. The molecule has 1 heterocycles. The lowest BCUT2D eigenvalue weighted by Gasteiger charge is -2.08. The average Bonchev–Trinajstić information content (AvgIpc) is 2.40. The standard InChI is InChI=1S/C14H14N4/c1-9-4-5-10(2)12(6-9)14-17-8-11(7-15)13(16-3)18-14/h4-6,8H,1-3H3,(H,16,17,18). The molecule has 1 N–H and O–H groups in total. The molecule has 0 aliphatic carbocycles. The molecular formula is C14H14N4. The molecule has 0 amide bonds. The van der Waals surface area contributed by atoms with Crippen LogP contribution in [0.15, 0.2) is 24.4 Å². The van der Waals surface area contributed by atoms with E-state index in [9.17, 15) is 0 Å². The number of nitrogens with one attached hydrogen (secondary N) is 1. The van der Waals surface area contributed by atoms with Gasteiger partial charge in [-0.05, 0) is 25.5 Å². The average molecular weight is 238 g/mol. The quantitative estimate of drug-likeness (QED) is 0.873. The minimum Gasteiger partial charge on any atom is -0.372 e. The van der Waals surface area contributed by atoms with E-state index in [4.69, 9.17) is 5.26 Å². The number of rotatable bonds is 2. The number of aryl methyl sites for hydroxylation is 2. The lowest BCUT2D eigenvalue weighted by Crippen LogP contribution is -2.00. The molecular weight excluding hydrogens is 224 g/mol. The second-order valence-corrected chi connectivity index (χ2v) is 4.14. The van der Waals surface area contributed by atoms with Gasteiger partial charge in [-0.1, -0.05) is 17.7 Å². The first-order chi connectivity index (χ1) is 8.65. The second kappa shape index (κ2) is 4.84. The van der Waals surface area contributed by atoms with Gasteiger partial charge in [0.15, 0.2) is 5.82 Å². The van der Waals surface area contributed by atoms with Crippen molar-refractivity contribution >= 4 is 5.82 Å². The fraction of sp³-hybridized carbons (Fsp3) is 0.214. The Morgan fingerprint density at radius 1 is 1.28 bits per heavy atom. The van der Waals surface area contributed by atoms with Crippen LogP contribution >= 0.6 is 0 Å². The first-order valence-corrected chi connectivity index (χ1v) is 5.68. The second-order valence-electron chi connectivity index (χ2n) is 4.14. The molecule has 90 valence electrons. The maximum atomic E-state index is 8.94. The highest BCUT2D eigenvalue weighted by Crippen LogP contribution is 2.23. The Hall–Kier alpha value is -2.41. The molecule has 0 spiro atoms. The predicted octanol–water partition coefficient (Wildman–Crippen LogP) is 2.67. The van der Waals surface area contributed by atoms with Crippen molar-refractivity contribution in [1.82, 2.24) is 9.97 Å². The molecule has 18 heavy (non-hydrogen) atoms. The van der Waals surface area contributed by atoms with Gasteiger partial charge < -0.3 is 5.32 Å². The van der Waals surface area contributed by atoms with Gasteiger partial charge in [-0.25, -0.2) is 9.97 Å². The van der Waals surface area contributed by atoms with Crippen LogP contribution in [0.5, 0.6) is 0 Å². The SMILES string of the molecule is CNc1nc(-c2cc(C)ccc2C)ncc1C#N. The molecule has 4 heteroatoms. The fourth-order valence-electron chi connectivity index (χ4n) is 1.76. The van der Waals surface area contributed by atoms with E-state index in [2.05, 4.69) is 33.5 Å². The maximum Gasteiger partial charge on any atom is 0.161 e. The third kappa shape index (κ3) is 2.16. The Kier molecular flexibility index (Phi) is 3.24. The summed E-state index contributed by atoms with van der Waals surface area (Å²) < 4.78 is 0. The molecule has 0 radical (unpaired) electrons. The Bertz CT molecular complexity index is 626. The molecule has 1 aromatic heterocycles. The third-order valence-electron chi connectivity index (χ3n) is 2.78. The highest BCUT2D eigenvalue weighted by molar-refractivity contribution is 5.64. The van der Waals surface area contributed by atoms with Gasteiger partial charge in [-0.3, -0.25) is 0 Å². The van der Waals surface area contributed by atoms with Crippen molar-refractivity contribution in [3.63, 3.8) is 0 Å². The molecule has 2 aromatic rings. The van der Waals surface area contributed by atoms with Crippen molar-refractivity contribution in [2.45, 2.75) is 13.8 Å². The molecule has 0 bridgehead atoms. The van der Waals surface area contributed by atoms with E-state index in [0.29, 0.717) is 17.2 Å². The largest absolute Gasteiger partial charge is 0.372 e.